The number of piperidine rings is 1. The second-order valence-electron chi connectivity index (χ2n) is 6.81. The van der Waals surface area contributed by atoms with Crippen molar-refractivity contribution in [2.75, 3.05) is 20.2 Å². The monoisotopic (exact) mass is 391 g/mol. The Kier molecular flexibility index (Phi) is 5.67. The third-order valence-corrected chi connectivity index (χ3v) is 6.44. The van der Waals surface area contributed by atoms with E-state index < -0.39 is 10.0 Å². The minimum atomic E-state index is -3.59. The van der Waals surface area contributed by atoms with Crippen LogP contribution >= 0.6 is 0 Å². The predicted molar refractivity (Wildman–Crippen MR) is 102 cm³/mol. The summed E-state index contributed by atoms with van der Waals surface area (Å²) in [6, 6.07) is 7.08. The number of nitrogens with zero attached hydrogens (tertiary/aromatic N) is 3. The van der Waals surface area contributed by atoms with Gasteiger partial charge in [-0.25, -0.2) is 18.4 Å². The number of aromatic nitrogens is 2. The van der Waals surface area contributed by atoms with Crippen LogP contribution in [0.1, 0.15) is 29.8 Å². The molecule has 8 heteroatoms. The van der Waals surface area contributed by atoms with Crippen LogP contribution in [0.15, 0.2) is 29.2 Å². The van der Waals surface area contributed by atoms with Crippen LogP contribution in [-0.4, -0.2) is 49.0 Å². The minimum Gasteiger partial charge on any atom is -0.496 e. The summed E-state index contributed by atoms with van der Waals surface area (Å²) < 4.78 is 38.7. The highest BCUT2D eigenvalue weighted by molar-refractivity contribution is 7.89. The molecule has 7 nitrogen and oxygen atoms in total. The first-order valence-electron chi connectivity index (χ1n) is 8.93. The molecule has 0 aliphatic carbocycles. The summed E-state index contributed by atoms with van der Waals surface area (Å²) in [5.74, 6) is 0.667. The molecule has 1 fully saturated rings. The van der Waals surface area contributed by atoms with Crippen LogP contribution in [0.2, 0.25) is 0 Å². The van der Waals surface area contributed by atoms with Crippen molar-refractivity contribution in [3.05, 3.63) is 41.2 Å². The minimum absolute atomic E-state index is 0.268. The number of methoxy groups -OCH3 is 1. The van der Waals surface area contributed by atoms with Gasteiger partial charge in [-0.1, -0.05) is 0 Å². The highest BCUT2D eigenvalue weighted by Crippen LogP contribution is 2.26. The third kappa shape index (κ3) is 4.39. The Bertz CT molecular complexity index is 910. The van der Waals surface area contributed by atoms with Gasteiger partial charge in [0.2, 0.25) is 10.0 Å². The van der Waals surface area contributed by atoms with E-state index in [2.05, 4.69) is 9.97 Å². The van der Waals surface area contributed by atoms with Gasteiger partial charge >= 0.3 is 6.01 Å². The fourth-order valence-corrected chi connectivity index (χ4v) is 4.87. The summed E-state index contributed by atoms with van der Waals surface area (Å²) in [6.45, 7) is 6.35. The van der Waals surface area contributed by atoms with E-state index in [4.69, 9.17) is 9.47 Å². The molecule has 1 aliphatic rings. The molecule has 1 aromatic carbocycles. The Morgan fingerprint density at radius 3 is 2.44 bits per heavy atom. The van der Waals surface area contributed by atoms with Crippen molar-refractivity contribution >= 4 is 10.0 Å². The van der Waals surface area contributed by atoms with Crippen molar-refractivity contribution in [2.24, 2.45) is 0 Å². The van der Waals surface area contributed by atoms with E-state index in [1.54, 1.807) is 25.3 Å². The van der Waals surface area contributed by atoms with Crippen LogP contribution < -0.4 is 9.47 Å². The maximum Gasteiger partial charge on any atom is 0.317 e. The Morgan fingerprint density at radius 2 is 1.81 bits per heavy atom. The Balaban J connectivity index is 1.77. The molecule has 2 heterocycles. The molecular weight excluding hydrogens is 366 g/mol. The van der Waals surface area contributed by atoms with Crippen molar-refractivity contribution in [3.63, 3.8) is 0 Å². The van der Waals surface area contributed by atoms with Crippen LogP contribution in [-0.2, 0) is 10.0 Å². The first kappa shape index (κ1) is 19.6. The van der Waals surface area contributed by atoms with Gasteiger partial charge in [0.1, 0.15) is 11.9 Å². The van der Waals surface area contributed by atoms with E-state index in [-0.39, 0.29) is 17.5 Å². The number of aryl methyl sites for hydroxylation is 3. The second-order valence-corrected chi connectivity index (χ2v) is 8.75. The molecule has 0 saturated carbocycles. The molecule has 0 radical (unpaired) electrons. The summed E-state index contributed by atoms with van der Waals surface area (Å²) in [4.78, 5) is 8.85. The Morgan fingerprint density at radius 1 is 1.11 bits per heavy atom. The molecule has 1 atom stereocenters. The largest absolute Gasteiger partial charge is 0.496 e. The Hall–Kier alpha value is -2.19. The number of benzene rings is 1. The molecule has 146 valence electrons. The quantitative estimate of drug-likeness (QED) is 0.779. The summed E-state index contributed by atoms with van der Waals surface area (Å²) in [7, 11) is -2.03. The zero-order chi connectivity index (χ0) is 19.6. The lowest BCUT2D eigenvalue weighted by Gasteiger charge is -2.31. The zero-order valence-electron chi connectivity index (χ0n) is 16.1. The maximum atomic E-state index is 13.0. The first-order valence-corrected chi connectivity index (χ1v) is 10.4. The molecule has 3 rings (SSSR count). The molecule has 0 N–H and O–H groups in total. The van der Waals surface area contributed by atoms with Crippen LogP contribution in [0.25, 0.3) is 0 Å². The van der Waals surface area contributed by atoms with Crippen LogP contribution in [0.4, 0.5) is 0 Å². The van der Waals surface area contributed by atoms with Gasteiger partial charge in [0.25, 0.3) is 0 Å². The number of hydrogen-bond donors (Lipinski definition) is 0. The summed E-state index contributed by atoms with van der Waals surface area (Å²) >= 11 is 0. The van der Waals surface area contributed by atoms with Gasteiger partial charge in [-0.05, 0) is 63.4 Å². The van der Waals surface area contributed by atoms with Gasteiger partial charge in [-0.3, -0.25) is 0 Å². The molecule has 1 saturated heterocycles. The smallest absolute Gasteiger partial charge is 0.317 e. The fourth-order valence-electron chi connectivity index (χ4n) is 3.28. The number of rotatable bonds is 5. The van der Waals surface area contributed by atoms with Gasteiger partial charge in [0.15, 0.2) is 0 Å². The van der Waals surface area contributed by atoms with E-state index in [0.717, 1.165) is 29.8 Å². The van der Waals surface area contributed by atoms with E-state index in [0.29, 0.717) is 18.3 Å². The molecule has 0 bridgehead atoms. The lowest BCUT2D eigenvalue weighted by molar-refractivity contribution is 0.119. The van der Waals surface area contributed by atoms with E-state index in [1.165, 1.54) is 4.31 Å². The standard InChI is InChI=1S/C19H25N3O4S/c1-13-10-17(7-8-18(13)25-4)27(23,24)22-9-5-6-16(12-22)26-19-20-14(2)11-15(3)21-19/h7-8,10-11,16H,5-6,9,12H2,1-4H3. The van der Waals surface area contributed by atoms with Crippen molar-refractivity contribution in [1.29, 1.82) is 0 Å². The topological polar surface area (TPSA) is 81.6 Å². The first-order chi connectivity index (χ1) is 12.8. The molecule has 1 aromatic heterocycles. The molecule has 27 heavy (non-hydrogen) atoms. The van der Waals surface area contributed by atoms with Gasteiger partial charge in [-0.15, -0.1) is 0 Å². The molecule has 1 aliphatic heterocycles. The highest BCUT2D eigenvalue weighted by atomic mass is 32.2. The molecular formula is C19H25N3O4S. The predicted octanol–water partition coefficient (Wildman–Crippen LogP) is 2.64. The number of ether oxygens (including phenoxy) is 2. The second kappa shape index (κ2) is 7.82. The lowest BCUT2D eigenvalue weighted by Crippen LogP contribution is -2.44. The normalized spacial score (nSPS) is 18.3. The van der Waals surface area contributed by atoms with Crippen molar-refractivity contribution in [3.8, 4) is 11.8 Å². The van der Waals surface area contributed by atoms with Crippen LogP contribution in [0.3, 0.4) is 0 Å². The highest BCUT2D eigenvalue weighted by Gasteiger charge is 2.32. The number of sulfonamides is 1. The van der Waals surface area contributed by atoms with Gasteiger partial charge in [0, 0.05) is 17.9 Å². The fraction of sp³-hybridized carbons (Fsp3) is 0.474. The maximum absolute atomic E-state index is 13.0. The Labute approximate surface area is 160 Å². The van der Waals surface area contributed by atoms with Crippen molar-refractivity contribution < 1.29 is 17.9 Å². The summed E-state index contributed by atoms with van der Waals surface area (Å²) in [5, 5.41) is 0. The average molecular weight is 391 g/mol. The molecule has 1 unspecified atom stereocenters. The van der Waals surface area contributed by atoms with E-state index in [1.807, 2.05) is 26.8 Å². The SMILES string of the molecule is COc1ccc(S(=O)(=O)N2CCCC(Oc3nc(C)cc(C)n3)C2)cc1C. The van der Waals surface area contributed by atoms with Gasteiger partial charge in [-0.2, -0.15) is 4.31 Å². The lowest BCUT2D eigenvalue weighted by atomic mass is 10.1. The van der Waals surface area contributed by atoms with Gasteiger partial charge in [0.05, 0.1) is 18.6 Å². The van der Waals surface area contributed by atoms with Crippen LogP contribution in [0.5, 0.6) is 11.8 Å². The summed E-state index contributed by atoms with van der Waals surface area (Å²) in [5.41, 5.74) is 2.44. The zero-order valence-corrected chi connectivity index (χ0v) is 16.9. The van der Waals surface area contributed by atoms with Crippen molar-refractivity contribution in [1.82, 2.24) is 14.3 Å². The molecule has 0 amide bonds. The van der Waals surface area contributed by atoms with Gasteiger partial charge < -0.3 is 9.47 Å². The average Bonchev–Trinajstić information content (AvgIpc) is 2.61. The number of hydrogen-bond acceptors (Lipinski definition) is 6. The van der Waals surface area contributed by atoms with E-state index in [9.17, 15) is 8.42 Å². The summed E-state index contributed by atoms with van der Waals surface area (Å²) in [6.07, 6.45) is 1.22. The molecule has 0 spiro atoms. The van der Waals surface area contributed by atoms with Crippen LogP contribution in [0, 0.1) is 20.8 Å². The molecule has 2 aromatic rings. The van der Waals surface area contributed by atoms with Crippen molar-refractivity contribution in [2.45, 2.75) is 44.6 Å². The third-order valence-electron chi connectivity index (χ3n) is 4.58. The van der Waals surface area contributed by atoms with E-state index >= 15 is 0 Å².